The number of halogens is 5. The van der Waals surface area contributed by atoms with Gasteiger partial charge in [-0.3, -0.25) is 4.79 Å². The molecule has 0 aromatic heterocycles. The predicted octanol–water partition coefficient (Wildman–Crippen LogP) is 5.36. The topological polar surface area (TPSA) is 66.4 Å². The van der Waals surface area contributed by atoms with Gasteiger partial charge in [0, 0.05) is 11.6 Å². The largest absolute Gasteiger partial charge is 0.478 e. The highest BCUT2D eigenvalue weighted by molar-refractivity contribution is 6.53. The molecule has 0 radical (unpaired) electrons. The van der Waals surface area contributed by atoms with Gasteiger partial charge in [-0.2, -0.15) is 0 Å². The van der Waals surface area contributed by atoms with E-state index in [0.717, 1.165) is 0 Å². The molecule has 2 N–H and O–H groups in total. The third-order valence-corrected chi connectivity index (χ3v) is 5.66. The summed E-state index contributed by atoms with van der Waals surface area (Å²) in [6.07, 6.45) is 0. The van der Waals surface area contributed by atoms with Crippen LogP contribution in [0.5, 0.6) is 0 Å². The molecule has 0 bridgehead atoms. The van der Waals surface area contributed by atoms with E-state index in [0.29, 0.717) is 5.56 Å². The minimum absolute atomic E-state index is 0.0461. The number of anilines is 1. The van der Waals surface area contributed by atoms with E-state index in [1.165, 1.54) is 36.4 Å². The Balaban J connectivity index is 1.81. The zero-order valence-corrected chi connectivity index (χ0v) is 15.8. The van der Waals surface area contributed by atoms with Crippen LogP contribution < -0.4 is 5.32 Å². The Morgan fingerprint density at radius 3 is 2.38 bits per heavy atom. The molecule has 3 rings (SSSR count). The summed E-state index contributed by atoms with van der Waals surface area (Å²) in [5.41, 5.74) is 0.623. The number of carboxylic acids is 1. The number of carboxylic acid groups (broad SMARTS) is 1. The molecule has 9 heteroatoms. The van der Waals surface area contributed by atoms with Crippen LogP contribution in [0.4, 0.5) is 10.1 Å². The van der Waals surface area contributed by atoms with Crippen molar-refractivity contribution in [2.24, 2.45) is 5.92 Å². The Hall–Kier alpha value is -1.53. The summed E-state index contributed by atoms with van der Waals surface area (Å²) in [5.74, 6) is -3.69. The van der Waals surface area contributed by atoms with E-state index in [9.17, 15) is 14.0 Å². The van der Waals surface area contributed by atoms with Crippen LogP contribution in [0.2, 0.25) is 10.0 Å². The highest BCUT2D eigenvalue weighted by atomic mass is 35.5. The molecule has 0 heterocycles. The van der Waals surface area contributed by atoms with Crippen molar-refractivity contribution in [1.82, 2.24) is 0 Å². The molecule has 1 saturated carbocycles. The van der Waals surface area contributed by atoms with Gasteiger partial charge in [0.1, 0.15) is 10.2 Å². The van der Waals surface area contributed by atoms with Crippen molar-refractivity contribution in [2.75, 3.05) is 5.32 Å². The number of rotatable bonds is 4. The molecule has 26 heavy (non-hydrogen) atoms. The molecule has 2 aromatic carbocycles. The second-order valence-electron chi connectivity index (χ2n) is 5.79. The average Bonchev–Trinajstić information content (AvgIpc) is 3.14. The van der Waals surface area contributed by atoms with E-state index in [1.807, 2.05) is 0 Å². The number of carbonyl (C=O) groups is 2. The minimum Gasteiger partial charge on any atom is -0.478 e. The maximum Gasteiger partial charge on any atom is 0.337 e. The second kappa shape index (κ2) is 6.89. The van der Waals surface area contributed by atoms with Crippen LogP contribution in [0.3, 0.4) is 0 Å². The number of aromatic carboxylic acids is 1. The Morgan fingerprint density at radius 1 is 1.08 bits per heavy atom. The highest BCUT2D eigenvalue weighted by Gasteiger charge is 2.67. The Morgan fingerprint density at radius 2 is 1.77 bits per heavy atom. The number of nitrogens with one attached hydrogen (secondary N) is 1. The zero-order chi connectivity index (χ0) is 19.2. The molecule has 1 aliphatic rings. The van der Waals surface area contributed by atoms with Crippen LogP contribution in [0.15, 0.2) is 36.4 Å². The van der Waals surface area contributed by atoms with Crippen molar-refractivity contribution in [3.05, 3.63) is 63.4 Å². The summed E-state index contributed by atoms with van der Waals surface area (Å²) in [7, 11) is 0. The second-order valence-corrected chi connectivity index (χ2v) is 8.05. The first-order chi connectivity index (χ1) is 12.1. The van der Waals surface area contributed by atoms with Gasteiger partial charge in [0.05, 0.1) is 21.5 Å². The Bertz CT molecular complexity index is 919. The summed E-state index contributed by atoms with van der Waals surface area (Å²) < 4.78 is 11.9. The molecular weight excluding hydrogens is 427 g/mol. The molecule has 0 unspecified atom stereocenters. The number of hydrogen-bond acceptors (Lipinski definition) is 2. The van der Waals surface area contributed by atoms with Crippen LogP contribution in [0, 0.1) is 11.7 Å². The lowest BCUT2D eigenvalue weighted by Crippen LogP contribution is -2.17. The van der Waals surface area contributed by atoms with Gasteiger partial charge in [-0.1, -0.05) is 29.3 Å². The van der Waals surface area contributed by atoms with Crippen molar-refractivity contribution in [3.63, 3.8) is 0 Å². The molecule has 0 aliphatic heterocycles. The van der Waals surface area contributed by atoms with Crippen molar-refractivity contribution >= 4 is 64.0 Å². The summed E-state index contributed by atoms with van der Waals surface area (Å²) in [4.78, 5) is 23.6. The van der Waals surface area contributed by atoms with E-state index in [-0.39, 0.29) is 21.3 Å². The molecule has 0 saturated heterocycles. The van der Waals surface area contributed by atoms with Gasteiger partial charge >= 0.3 is 5.97 Å². The minimum atomic E-state index is -1.38. The summed E-state index contributed by atoms with van der Waals surface area (Å²) in [5, 5.41) is 11.6. The van der Waals surface area contributed by atoms with Crippen molar-refractivity contribution in [1.29, 1.82) is 0 Å². The lowest BCUT2D eigenvalue weighted by atomic mass is 10.1. The van der Waals surface area contributed by atoms with Gasteiger partial charge in [0.15, 0.2) is 0 Å². The first kappa shape index (κ1) is 19.2. The average molecular weight is 437 g/mol. The van der Waals surface area contributed by atoms with E-state index in [2.05, 4.69) is 5.32 Å². The van der Waals surface area contributed by atoms with Gasteiger partial charge in [-0.05, 0) is 35.9 Å². The fraction of sp³-hybridized carbons (Fsp3) is 0.176. The lowest BCUT2D eigenvalue weighted by molar-refractivity contribution is -0.117. The first-order valence-corrected chi connectivity index (χ1v) is 8.80. The summed E-state index contributed by atoms with van der Waals surface area (Å²) >= 11 is 24.0. The maximum absolute atomic E-state index is 13.3. The summed E-state index contributed by atoms with van der Waals surface area (Å²) in [6.45, 7) is 0. The van der Waals surface area contributed by atoms with Gasteiger partial charge in [0.25, 0.3) is 0 Å². The normalized spacial score (nSPS) is 20.5. The first-order valence-electron chi connectivity index (χ1n) is 7.29. The van der Waals surface area contributed by atoms with Crippen LogP contribution in [0.1, 0.15) is 21.8 Å². The molecule has 1 amide bonds. The molecule has 4 nitrogen and oxygen atoms in total. The molecule has 2 atom stereocenters. The van der Waals surface area contributed by atoms with Crippen molar-refractivity contribution in [3.8, 4) is 0 Å². The van der Waals surface area contributed by atoms with Crippen LogP contribution in [-0.4, -0.2) is 21.3 Å². The van der Waals surface area contributed by atoms with Gasteiger partial charge in [-0.15, -0.1) is 23.2 Å². The third-order valence-electron chi connectivity index (χ3n) is 4.10. The van der Waals surface area contributed by atoms with Gasteiger partial charge < -0.3 is 10.4 Å². The number of hydrogen-bond donors (Lipinski definition) is 2. The Labute approximate surface area is 167 Å². The smallest absolute Gasteiger partial charge is 0.337 e. The number of alkyl halides is 2. The fourth-order valence-electron chi connectivity index (χ4n) is 2.76. The van der Waals surface area contributed by atoms with E-state index in [1.54, 1.807) is 0 Å². The number of carbonyl (C=O) groups excluding carboxylic acids is 1. The van der Waals surface area contributed by atoms with E-state index < -0.39 is 33.9 Å². The van der Waals surface area contributed by atoms with Gasteiger partial charge in [0.2, 0.25) is 5.91 Å². The predicted molar refractivity (Wildman–Crippen MR) is 99.1 cm³/mol. The number of amides is 1. The molecular formula is C17H10Cl4FNO3. The van der Waals surface area contributed by atoms with Gasteiger partial charge in [-0.25, -0.2) is 9.18 Å². The molecule has 0 spiro atoms. The van der Waals surface area contributed by atoms with Crippen LogP contribution in [-0.2, 0) is 4.79 Å². The standard InChI is InChI=1S/C17H10Cl4FNO3/c18-10-3-2-8(6-9(10)16(25)26)23-15(24)14-13(17(14,20)21)7-1-4-12(22)11(19)5-7/h1-6,13-14H,(H,23,24)(H,25,26)/t13-,14+/m0/s1. The van der Waals surface area contributed by atoms with Crippen molar-refractivity contribution in [2.45, 2.75) is 10.3 Å². The highest BCUT2D eigenvalue weighted by Crippen LogP contribution is 2.65. The molecule has 136 valence electrons. The Kier molecular flexibility index (Phi) is 5.10. The SMILES string of the molecule is O=C(O)c1cc(NC(=O)[C@H]2[C@H](c3ccc(F)c(Cl)c3)C2(Cl)Cl)ccc1Cl. The lowest BCUT2D eigenvalue weighted by Gasteiger charge is -2.07. The quantitative estimate of drug-likeness (QED) is 0.634. The third kappa shape index (κ3) is 3.49. The maximum atomic E-state index is 13.3. The fourth-order valence-corrected chi connectivity index (χ4v) is 3.98. The molecule has 1 aliphatic carbocycles. The molecule has 1 fully saturated rings. The zero-order valence-electron chi connectivity index (χ0n) is 12.8. The number of benzene rings is 2. The van der Waals surface area contributed by atoms with E-state index in [4.69, 9.17) is 51.5 Å². The van der Waals surface area contributed by atoms with E-state index >= 15 is 0 Å². The molecule has 2 aromatic rings. The van der Waals surface area contributed by atoms with Crippen LogP contribution >= 0.6 is 46.4 Å². The summed E-state index contributed by atoms with van der Waals surface area (Å²) in [6, 6.07) is 8.07. The monoisotopic (exact) mass is 435 g/mol. The van der Waals surface area contributed by atoms with Crippen molar-refractivity contribution < 1.29 is 19.1 Å². The van der Waals surface area contributed by atoms with Crippen LogP contribution in [0.25, 0.3) is 0 Å².